The second-order valence-electron chi connectivity index (χ2n) is 6.68. The summed E-state index contributed by atoms with van der Waals surface area (Å²) in [6.07, 6.45) is 12.2. The number of rotatable bonds is 4. The van der Waals surface area contributed by atoms with Crippen LogP contribution in [0.2, 0.25) is 0 Å². The predicted octanol–water partition coefficient (Wildman–Crippen LogP) is 3.78. The van der Waals surface area contributed by atoms with Gasteiger partial charge in [-0.25, -0.2) is 0 Å². The van der Waals surface area contributed by atoms with Crippen LogP contribution in [0.3, 0.4) is 0 Å². The van der Waals surface area contributed by atoms with Crippen molar-refractivity contribution in [3.05, 3.63) is 29.3 Å². The van der Waals surface area contributed by atoms with Gasteiger partial charge in [0.05, 0.1) is 0 Å². The number of amides is 1. The molecule has 0 radical (unpaired) electrons. The zero-order chi connectivity index (χ0) is 15.2. The molecule has 22 heavy (non-hydrogen) atoms. The number of hydrogen-bond donors (Lipinski definition) is 1. The molecule has 1 fully saturated rings. The Morgan fingerprint density at radius 2 is 1.73 bits per heavy atom. The van der Waals surface area contributed by atoms with E-state index in [2.05, 4.69) is 17.4 Å². The van der Waals surface area contributed by atoms with Crippen molar-refractivity contribution in [3.63, 3.8) is 0 Å². The molecule has 3 nitrogen and oxygen atoms in total. The third-order valence-electron chi connectivity index (χ3n) is 4.91. The molecule has 0 saturated heterocycles. The molecule has 2 aliphatic carbocycles. The maximum Gasteiger partial charge on any atom is 0.258 e. The maximum atomic E-state index is 12.0. The van der Waals surface area contributed by atoms with Crippen LogP contribution in [0.1, 0.15) is 62.5 Å². The van der Waals surface area contributed by atoms with E-state index in [-0.39, 0.29) is 12.5 Å². The Morgan fingerprint density at radius 3 is 2.50 bits per heavy atom. The van der Waals surface area contributed by atoms with Gasteiger partial charge in [-0.1, -0.05) is 31.7 Å². The summed E-state index contributed by atoms with van der Waals surface area (Å²) in [7, 11) is 0. The lowest BCUT2D eigenvalue weighted by molar-refractivity contribution is -0.123. The first-order valence-corrected chi connectivity index (χ1v) is 8.85. The monoisotopic (exact) mass is 301 g/mol. The zero-order valence-electron chi connectivity index (χ0n) is 13.4. The molecule has 2 aliphatic rings. The fourth-order valence-electron chi connectivity index (χ4n) is 3.64. The number of nitrogens with one attached hydrogen (secondary N) is 1. The van der Waals surface area contributed by atoms with Crippen molar-refractivity contribution in [3.8, 4) is 5.75 Å². The molecule has 1 amide bonds. The highest BCUT2D eigenvalue weighted by molar-refractivity contribution is 5.77. The molecule has 0 bridgehead atoms. The first kappa shape index (κ1) is 15.4. The Bertz CT molecular complexity index is 504. The molecule has 0 atom stereocenters. The van der Waals surface area contributed by atoms with Crippen molar-refractivity contribution in [1.82, 2.24) is 5.32 Å². The molecule has 0 aromatic heterocycles. The first-order chi connectivity index (χ1) is 10.8. The van der Waals surface area contributed by atoms with Crippen molar-refractivity contribution in [2.24, 2.45) is 0 Å². The van der Waals surface area contributed by atoms with E-state index in [4.69, 9.17) is 4.74 Å². The van der Waals surface area contributed by atoms with Gasteiger partial charge in [-0.3, -0.25) is 4.79 Å². The Kier molecular flexibility index (Phi) is 5.36. The topological polar surface area (TPSA) is 38.3 Å². The summed E-state index contributed by atoms with van der Waals surface area (Å²) in [6.45, 7) is 0.134. The summed E-state index contributed by atoms with van der Waals surface area (Å²) in [5.74, 6) is 0.848. The second kappa shape index (κ2) is 7.66. The fraction of sp³-hybridized carbons (Fsp3) is 0.632. The van der Waals surface area contributed by atoms with Crippen LogP contribution in [0.5, 0.6) is 5.75 Å². The normalized spacial score (nSPS) is 19.1. The predicted molar refractivity (Wildman–Crippen MR) is 88.2 cm³/mol. The van der Waals surface area contributed by atoms with Gasteiger partial charge in [-0.05, 0) is 61.8 Å². The lowest BCUT2D eigenvalue weighted by Crippen LogP contribution is -2.37. The summed E-state index contributed by atoms with van der Waals surface area (Å²) < 4.78 is 5.69. The molecular formula is C19H27NO2. The van der Waals surface area contributed by atoms with Crippen LogP contribution in [0.25, 0.3) is 0 Å². The Morgan fingerprint density at radius 1 is 1.00 bits per heavy atom. The van der Waals surface area contributed by atoms with Crippen LogP contribution < -0.4 is 10.1 Å². The van der Waals surface area contributed by atoms with Gasteiger partial charge in [0, 0.05) is 6.04 Å². The van der Waals surface area contributed by atoms with Gasteiger partial charge in [-0.15, -0.1) is 0 Å². The van der Waals surface area contributed by atoms with E-state index >= 15 is 0 Å². The fourth-order valence-corrected chi connectivity index (χ4v) is 3.64. The summed E-state index contributed by atoms with van der Waals surface area (Å²) in [4.78, 5) is 12.0. The van der Waals surface area contributed by atoms with Crippen LogP contribution in [0.15, 0.2) is 18.2 Å². The smallest absolute Gasteiger partial charge is 0.258 e. The van der Waals surface area contributed by atoms with Crippen LogP contribution in [0, 0.1) is 0 Å². The minimum Gasteiger partial charge on any atom is -0.484 e. The molecule has 0 spiro atoms. The summed E-state index contributed by atoms with van der Waals surface area (Å²) >= 11 is 0. The number of hydrogen-bond acceptors (Lipinski definition) is 2. The number of carbonyl (C=O) groups excluding carboxylic acids is 1. The highest BCUT2D eigenvalue weighted by atomic mass is 16.5. The molecule has 1 aromatic carbocycles. The van der Waals surface area contributed by atoms with Crippen LogP contribution in [-0.2, 0) is 17.6 Å². The van der Waals surface area contributed by atoms with Gasteiger partial charge in [0.1, 0.15) is 5.75 Å². The van der Waals surface area contributed by atoms with E-state index in [1.54, 1.807) is 0 Å². The highest BCUT2D eigenvalue weighted by Crippen LogP contribution is 2.25. The zero-order valence-corrected chi connectivity index (χ0v) is 13.4. The summed E-state index contributed by atoms with van der Waals surface area (Å²) in [5.41, 5.74) is 2.84. The molecule has 3 rings (SSSR count). The molecule has 3 heteroatoms. The largest absolute Gasteiger partial charge is 0.484 e. The van der Waals surface area contributed by atoms with Gasteiger partial charge < -0.3 is 10.1 Å². The van der Waals surface area contributed by atoms with E-state index < -0.39 is 0 Å². The molecule has 1 saturated carbocycles. The Hall–Kier alpha value is -1.51. The Labute approximate surface area is 133 Å². The van der Waals surface area contributed by atoms with Gasteiger partial charge >= 0.3 is 0 Å². The molecule has 0 aliphatic heterocycles. The van der Waals surface area contributed by atoms with Crippen LogP contribution >= 0.6 is 0 Å². The lowest BCUT2D eigenvalue weighted by Gasteiger charge is -2.18. The van der Waals surface area contributed by atoms with E-state index in [0.717, 1.165) is 25.0 Å². The third kappa shape index (κ3) is 4.25. The number of benzene rings is 1. The number of aryl methyl sites for hydroxylation is 2. The number of ether oxygens (including phenoxy) is 1. The van der Waals surface area contributed by atoms with Crippen molar-refractivity contribution < 1.29 is 9.53 Å². The first-order valence-electron chi connectivity index (χ1n) is 8.85. The summed E-state index contributed by atoms with van der Waals surface area (Å²) in [6, 6.07) is 6.63. The minimum absolute atomic E-state index is 0.0182. The van der Waals surface area contributed by atoms with E-state index in [0.29, 0.717) is 6.04 Å². The molecule has 0 heterocycles. The van der Waals surface area contributed by atoms with Crippen molar-refractivity contribution >= 4 is 5.91 Å². The maximum absolute atomic E-state index is 12.0. The standard InChI is InChI=1S/C19H27NO2/c21-19(20-17-9-3-1-2-4-10-17)14-22-18-12-11-15-7-5-6-8-16(15)13-18/h11-13,17H,1-10,14H2,(H,20,21). The molecule has 120 valence electrons. The third-order valence-corrected chi connectivity index (χ3v) is 4.91. The molecule has 1 N–H and O–H groups in total. The highest BCUT2D eigenvalue weighted by Gasteiger charge is 2.15. The van der Waals surface area contributed by atoms with E-state index in [1.807, 2.05) is 6.07 Å². The average molecular weight is 301 g/mol. The summed E-state index contributed by atoms with van der Waals surface area (Å²) in [5, 5.41) is 3.13. The number of carbonyl (C=O) groups is 1. The van der Waals surface area contributed by atoms with Crippen molar-refractivity contribution in [2.75, 3.05) is 6.61 Å². The SMILES string of the molecule is O=C(COc1ccc2c(c1)CCCC2)NC1CCCCCC1. The van der Waals surface area contributed by atoms with E-state index in [9.17, 15) is 4.79 Å². The van der Waals surface area contributed by atoms with Crippen molar-refractivity contribution in [1.29, 1.82) is 0 Å². The second-order valence-corrected chi connectivity index (χ2v) is 6.68. The van der Waals surface area contributed by atoms with E-state index in [1.165, 1.54) is 56.1 Å². The lowest BCUT2D eigenvalue weighted by atomic mass is 9.92. The quantitative estimate of drug-likeness (QED) is 0.859. The van der Waals surface area contributed by atoms with Gasteiger partial charge in [0.2, 0.25) is 0 Å². The average Bonchev–Trinajstić information content (AvgIpc) is 2.81. The van der Waals surface area contributed by atoms with Gasteiger partial charge in [0.15, 0.2) is 6.61 Å². The van der Waals surface area contributed by atoms with Gasteiger partial charge in [0.25, 0.3) is 5.91 Å². The number of fused-ring (bicyclic) bond motifs is 1. The molecular weight excluding hydrogens is 274 g/mol. The van der Waals surface area contributed by atoms with Crippen molar-refractivity contribution in [2.45, 2.75) is 70.3 Å². The minimum atomic E-state index is 0.0182. The Balaban J connectivity index is 1.48. The molecule has 0 unspecified atom stereocenters. The van der Waals surface area contributed by atoms with Gasteiger partial charge in [-0.2, -0.15) is 0 Å². The molecule has 1 aromatic rings. The van der Waals surface area contributed by atoms with Crippen LogP contribution in [0.4, 0.5) is 0 Å². The van der Waals surface area contributed by atoms with Crippen LogP contribution in [-0.4, -0.2) is 18.6 Å².